The van der Waals surface area contributed by atoms with Gasteiger partial charge in [0.2, 0.25) is 10.2 Å². The minimum atomic E-state index is -0.172. The van der Waals surface area contributed by atoms with Gasteiger partial charge in [-0.15, -0.1) is 0 Å². The number of hydrogen-bond donors (Lipinski definition) is 0. The van der Waals surface area contributed by atoms with Crippen molar-refractivity contribution in [2.75, 3.05) is 0 Å². The molecule has 66 valence electrons. The monoisotopic (exact) mass is 202 g/mol. The Morgan fingerprint density at radius 2 is 1.17 bits per heavy atom. The quantitative estimate of drug-likeness (QED) is 0.509. The van der Waals surface area contributed by atoms with E-state index in [9.17, 15) is 9.59 Å². The highest BCUT2D eigenvalue weighted by Gasteiger charge is 2.09. The van der Waals surface area contributed by atoms with Crippen molar-refractivity contribution < 1.29 is 9.59 Å². The Labute approximate surface area is 79.9 Å². The first-order valence-corrected chi connectivity index (χ1v) is 5.34. The molecule has 0 aromatic carbocycles. The average Bonchev–Trinajstić information content (AvgIpc) is 1.98. The van der Waals surface area contributed by atoms with Crippen LogP contribution in [0.4, 0.5) is 0 Å². The first kappa shape index (κ1) is 11.5. The number of carbonyl (C=O) groups excluding carboxylic acids is 2. The molecule has 0 spiro atoms. The van der Waals surface area contributed by atoms with E-state index in [1.165, 1.54) is 0 Å². The molecular formula is C8H10O2S2. The van der Waals surface area contributed by atoms with Crippen LogP contribution in [0.5, 0.6) is 0 Å². The number of rotatable bonds is 2. The van der Waals surface area contributed by atoms with Crippen molar-refractivity contribution in [1.82, 2.24) is 0 Å². The van der Waals surface area contributed by atoms with Crippen LogP contribution in [-0.4, -0.2) is 10.2 Å². The highest BCUT2D eigenvalue weighted by molar-refractivity contribution is 8.87. The molecule has 0 fully saturated rings. The molecule has 12 heavy (non-hydrogen) atoms. The predicted molar refractivity (Wildman–Crippen MR) is 54.8 cm³/mol. The second-order valence-corrected chi connectivity index (χ2v) is 4.38. The topological polar surface area (TPSA) is 34.1 Å². The Balaban J connectivity index is 3.85. The lowest BCUT2D eigenvalue weighted by Crippen LogP contribution is -1.93. The zero-order chi connectivity index (χ0) is 9.72. The summed E-state index contributed by atoms with van der Waals surface area (Å²) < 4.78 is 0. The lowest BCUT2D eigenvalue weighted by atomic mass is 10.4. The molecule has 0 heterocycles. The minimum Gasteiger partial charge on any atom is -0.281 e. The number of carbonyl (C=O) groups is 2. The lowest BCUT2D eigenvalue weighted by molar-refractivity contribution is -0.108. The molecule has 0 rings (SSSR count). The summed E-state index contributed by atoms with van der Waals surface area (Å²) in [4.78, 5) is 21.9. The highest BCUT2D eigenvalue weighted by atomic mass is 33.1. The molecule has 0 saturated carbocycles. The van der Waals surface area contributed by atoms with Crippen LogP contribution in [0, 0.1) is 0 Å². The third-order valence-corrected chi connectivity index (χ3v) is 3.13. The zero-order valence-corrected chi connectivity index (χ0v) is 8.68. The van der Waals surface area contributed by atoms with E-state index in [4.69, 9.17) is 0 Å². The van der Waals surface area contributed by atoms with Crippen LogP contribution < -0.4 is 0 Å². The predicted octanol–water partition coefficient (Wildman–Crippen LogP) is 2.57. The third kappa shape index (κ3) is 4.41. The van der Waals surface area contributed by atoms with Crippen molar-refractivity contribution in [3.05, 3.63) is 24.3 Å². The van der Waals surface area contributed by atoms with E-state index < -0.39 is 0 Å². The Morgan fingerprint density at radius 3 is 1.33 bits per heavy atom. The molecule has 0 aliphatic carbocycles. The van der Waals surface area contributed by atoms with Gasteiger partial charge in [0.05, 0.1) is 0 Å². The molecule has 0 unspecified atom stereocenters. The van der Waals surface area contributed by atoms with Crippen LogP contribution in [0.2, 0.25) is 0 Å². The SMILES string of the molecule is C=C(C)C(=O)SSC(=O)C(=C)C. The van der Waals surface area contributed by atoms with Gasteiger partial charge in [0.15, 0.2) is 0 Å². The van der Waals surface area contributed by atoms with Gasteiger partial charge in [0.25, 0.3) is 0 Å². The Kier molecular flexibility index (Phi) is 5.01. The first-order valence-electron chi connectivity index (χ1n) is 3.19. The van der Waals surface area contributed by atoms with E-state index in [1.807, 2.05) is 0 Å². The fourth-order valence-corrected chi connectivity index (χ4v) is 1.96. The zero-order valence-electron chi connectivity index (χ0n) is 7.05. The summed E-state index contributed by atoms with van der Waals surface area (Å²) in [5, 5.41) is -0.343. The van der Waals surface area contributed by atoms with E-state index >= 15 is 0 Å². The van der Waals surface area contributed by atoms with E-state index in [0.717, 1.165) is 21.6 Å². The van der Waals surface area contributed by atoms with E-state index in [2.05, 4.69) is 13.2 Å². The molecular weight excluding hydrogens is 192 g/mol. The van der Waals surface area contributed by atoms with Gasteiger partial charge < -0.3 is 0 Å². The molecule has 0 aromatic heterocycles. The van der Waals surface area contributed by atoms with E-state index in [0.29, 0.717) is 11.1 Å². The fourth-order valence-electron chi connectivity index (χ4n) is 0.218. The van der Waals surface area contributed by atoms with Gasteiger partial charge in [-0.3, -0.25) is 9.59 Å². The molecule has 0 N–H and O–H groups in total. The maximum absolute atomic E-state index is 10.9. The summed E-state index contributed by atoms with van der Waals surface area (Å²) >= 11 is 0. The molecule has 0 radical (unpaired) electrons. The van der Waals surface area contributed by atoms with Crippen molar-refractivity contribution >= 4 is 31.8 Å². The van der Waals surface area contributed by atoms with Crippen molar-refractivity contribution in [1.29, 1.82) is 0 Å². The van der Waals surface area contributed by atoms with E-state index in [-0.39, 0.29) is 10.2 Å². The maximum atomic E-state index is 10.9. The van der Waals surface area contributed by atoms with Gasteiger partial charge >= 0.3 is 0 Å². The van der Waals surface area contributed by atoms with Gasteiger partial charge in [0.1, 0.15) is 0 Å². The molecule has 0 aliphatic rings. The lowest BCUT2D eigenvalue weighted by Gasteiger charge is -1.96. The molecule has 2 nitrogen and oxygen atoms in total. The molecule has 0 amide bonds. The molecule has 0 bridgehead atoms. The molecule has 0 aromatic rings. The first-order chi connectivity index (χ1) is 5.45. The summed E-state index contributed by atoms with van der Waals surface area (Å²) in [6, 6.07) is 0. The maximum Gasteiger partial charge on any atom is 0.225 e. The van der Waals surface area contributed by atoms with Gasteiger partial charge in [-0.05, 0) is 46.6 Å². The van der Waals surface area contributed by atoms with Crippen molar-refractivity contribution in [2.24, 2.45) is 0 Å². The van der Waals surface area contributed by atoms with Crippen LogP contribution in [0.15, 0.2) is 24.3 Å². The molecule has 0 saturated heterocycles. The molecule has 0 atom stereocenters. The number of hydrogen-bond acceptors (Lipinski definition) is 4. The Morgan fingerprint density at radius 1 is 0.917 bits per heavy atom. The van der Waals surface area contributed by atoms with Crippen molar-refractivity contribution in [3.8, 4) is 0 Å². The standard InChI is InChI=1S/C8H10O2S2/c1-5(2)7(9)11-12-8(10)6(3)4/h1,3H2,2,4H3. The van der Waals surface area contributed by atoms with Crippen LogP contribution in [0.1, 0.15) is 13.8 Å². The third-order valence-electron chi connectivity index (χ3n) is 0.890. The molecule has 0 aliphatic heterocycles. The van der Waals surface area contributed by atoms with E-state index in [1.54, 1.807) is 13.8 Å². The highest BCUT2D eigenvalue weighted by Crippen LogP contribution is 2.27. The van der Waals surface area contributed by atoms with Gasteiger partial charge in [-0.1, -0.05) is 13.2 Å². The summed E-state index contributed by atoms with van der Waals surface area (Å²) in [5.41, 5.74) is 0.893. The van der Waals surface area contributed by atoms with Crippen molar-refractivity contribution in [2.45, 2.75) is 13.8 Å². The normalized spacial score (nSPS) is 9.17. The summed E-state index contributed by atoms with van der Waals surface area (Å²) in [6.07, 6.45) is 0. The van der Waals surface area contributed by atoms with Crippen LogP contribution in [-0.2, 0) is 9.59 Å². The second kappa shape index (κ2) is 5.22. The average molecular weight is 202 g/mol. The fraction of sp³-hybridized carbons (Fsp3) is 0.250. The second-order valence-electron chi connectivity index (χ2n) is 2.30. The van der Waals surface area contributed by atoms with Crippen LogP contribution in [0.3, 0.4) is 0 Å². The smallest absolute Gasteiger partial charge is 0.225 e. The molecule has 4 heteroatoms. The largest absolute Gasteiger partial charge is 0.281 e. The summed E-state index contributed by atoms with van der Waals surface area (Å²) in [6.45, 7) is 10.1. The van der Waals surface area contributed by atoms with Gasteiger partial charge in [-0.25, -0.2) is 0 Å². The Hall–Kier alpha value is -0.480. The van der Waals surface area contributed by atoms with Crippen molar-refractivity contribution in [3.63, 3.8) is 0 Å². The van der Waals surface area contributed by atoms with Crippen LogP contribution >= 0.6 is 21.6 Å². The van der Waals surface area contributed by atoms with Gasteiger partial charge in [0, 0.05) is 0 Å². The van der Waals surface area contributed by atoms with Crippen LogP contribution in [0.25, 0.3) is 0 Å². The minimum absolute atomic E-state index is 0.172. The summed E-state index contributed by atoms with van der Waals surface area (Å²) in [7, 11) is 1.78. The summed E-state index contributed by atoms with van der Waals surface area (Å²) in [5.74, 6) is 0. The van der Waals surface area contributed by atoms with Gasteiger partial charge in [-0.2, -0.15) is 0 Å². The Bertz CT molecular complexity index is 217.